The van der Waals surface area contributed by atoms with Gasteiger partial charge in [-0.05, 0) is 18.4 Å². The first-order valence-electron chi connectivity index (χ1n) is 4.73. The van der Waals surface area contributed by atoms with E-state index in [2.05, 4.69) is 38.1 Å². The van der Waals surface area contributed by atoms with Crippen LogP contribution in [0.3, 0.4) is 0 Å². The highest BCUT2D eigenvalue weighted by Gasteiger charge is 2.15. The molecule has 0 aliphatic heterocycles. The van der Waals surface area contributed by atoms with E-state index in [0.717, 1.165) is 5.71 Å². The van der Waals surface area contributed by atoms with Crippen molar-refractivity contribution in [2.75, 3.05) is 0 Å². The van der Waals surface area contributed by atoms with Crippen LogP contribution in [-0.2, 0) is 0 Å². The van der Waals surface area contributed by atoms with Crippen molar-refractivity contribution in [1.82, 2.24) is 0 Å². The summed E-state index contributed by atoms with van der Waals surface area (Å²) in [6, 6.07) is 10.4. The molecule has 1 rings (SSSR count). The van der Waals surface area contributed by atoms with Crippen LogP contribution in [0.1, 0.15) is 32.3 Å². The summed E-state index contributed by atoms with van der Waals surface area (Å²) in [5, 5.41) is 7.58. The monoisotopic (exact) mass is 175 g/mol. The average molecular weight is 175 g/mol. The fourth-order valence-corrected chi connectivity index (χ4v) is 1.42. The zero-order chi connectivity index (χ0) is 9.84. The molecular formula is C12H17N. The number of rotatable bonds is 3. The zero-order valence-corrected chi connectivity index (χ0v) is 8.54. The van der Waals surface area contributed by atoms with Gasteiger partial charge in [0.25, 0.3) is 0 Å². The Morgan fingerprint density at radius 1 is 1.15 bits per heavy atom. The van der Waals surface area contributed by atoms with Gasteiger partial charge in [0.15, 0.2) is 0 Å². The lowest BCUT2D eigenvalue weighted by atomic mass is 9.86. The second-order valence-corrected chi connectivity index (χ2v) is 3.67. The second-order valence-electron chi connectivity index (χ2n) is 3.67. The summed E-state index contributed by atoms with van der Waals surface area (Å²) in [4.78, 5) is 0. The minimum absolute atomic E-state index is 0.336. The van der Waals surface area contributed by atoms with Gasteiger partial charge in [-0.25, -0.2) is 0 Å². The van der Waals surface area contributed by atoms with Crippen LogP contribution in [-0.4, -0.2) is 5.71 Å². The fourth-order valence-electron chi connectivity index (χ4n) is 1.42. The summed E-state index contributed by atoms with van der Waals surface area (Å²) in [7, 11) is 0. The highest BCUT2D eigenvalue weighted by molar-refractivity contribution is 5.81. The average Bonchev–Trinajstić information content (AvgIpc) is 2.17. The molecule has 0 bridgehead atoms. The van der Waals surface area contributed by atoms with Gasteiger partial charge in [-0.15, -0.1) is 0 Å². The first kappa shape index (κ1) is 9.97. The van der Waals surface area contributed by atoms with E-state index >= 15 is 0 Å². The van der Waals surface area contributed by atoms with E-state index in [1.807, 2.05) is 13.0 Å². The van der Waals surface area contributed by atoms with E-state index in [-0.39, 0.29) is 0 Å². The number of hydrogen-bond donors (Lipinski definition) is 1. The molecule has 0 aliphatic carbocycles. The van der Waals surface area contributed by atoms with Gasteiger partial charge in [0.2, 0.25) is 0 Å². The minimum atomic E-state index is 0.336. The Balaban J connectivity index is 2.79. The van der Waals surface area contributed by atoms with Crippen LogP contribution in [0.4, 0.5) is 0 Å². The maximum atomic E-state index is 7.58. The standard InChI is InChI=1S/C12H17N/c1-9(11(3)13)10(2)12-7-5-4-6-8-12/h4-10,13H,1-3H3. The van der Waals surface area contributed by atoms with Crippen molar-refractivity contribution in [3.8, 4) is 0 Å². The Kier molecular flexibility index (Phi) is 3.24. The highest BCUT2D eigenvalue weighted by Crippen LogP contribution is 2.24. The third-order valence-corrected chi connectivity index (χ3v) is 2.76. The molecule has 0 amide bonds. The summed E-state index contributed by atoms with van der Waals surface area (Å²) in [5.74, 6) is 0.779. The molecule has 0 radical (unpaired) electrons. The Hall–Kier alpha value is -1.11. The summed E-state index contributed by atoms with van der Waals surface area (Å²) in [6.45, 7) is 6.17. The van der Waals surface area contributed by atoms with Gasteiger partial charge in [0.05, 0.1) is 0 Å². The van der Waals surface area contributed by atoms with Crippen molar-refractivity contribution in [2.24, 2.45) is 5.92 Å². The topological polar surface area (TPSA) is 23.9 Å². The normalized spacial score (nSPS) is 15.0. The van der Waals surface area contributed by atoms with Crippen molar-refractivity contribution < 1.29 is 0 Å². The highest BCUT2D eigenvalue weighted by atomic mass is 14.4. The number of hydrogen-bond acceptors (Lipinski definition) is 1. The van der Waals surface area contributed by atoms with E-state index in [0.29, 0.717) is 11.8 Å². The summed E-state index contributed by atoms with van der Waals surface area (Å²) in [6.07, 6.45) is 0. The molecule has 0 saturated carbocycles. The van der Waals surface area contributed by atoms with Crippen molar-refractivity contribution >= 4 is 5.71 Å². The van der Waals surface area contributed by atoms with Crippen LogP contribution in [0.2, 0.25) is 0 Å². The van der Waals surface area contributed by atoms with Crippen LogP contribution < -0.4 is 0 Å². The number of nitrogens with one attached hydrogen (secondary N) is 1. The molecule has 1 aromatic rings. The Labute approximate surface area is 80.3 Å². The Morgan fingerprint density at radius 3 is 2.15 bits per heavy atom. The van der Waals surface area contributed by atoms with Gasteiger partial charge in [0, 0.05) is 11.6 Å². The summed E-state index contributed by atoms with van der Waals surface area (Å²) >= 11 is 0. The lowest BCUT2D eigenvalue weighted by Crippen LogP contribution is -2.13. The SMILES string of the molecule is CC(=N)C(C)C(C)c1ccccc1. The first-order chi connectivity index (χ1) is 6.13. The molecular weight excluding hydrogens is 158 g/mol. The van der Waals surface area contributed by atoms with Gasteiger partial charge >= 0.3 is 0 Å². The van der Waals surface area contributed by atoms with Gasteiger partial charge in [-0.3, -0.25) is 0 Å². The van der Waals surface area contributed by atoms with Crippen LogP contribution in [0.5, 0.6) is 0 Å². The molecule has 0 spiro atoms. The molecule has 70 valence electrons. The molecule has 0 fully saturated rings. The van der Waals surface area contributed by atoms with Crippen molar-refractivity contribution in [2.45, 2.75) is 26.7 Å². The fraction of sp³-hybridized carbons (Fsp3) is 0.417. The van der Waals surface area contributed by atoms with Crippen LogP contribution in [0.15, 0.2) is 30.3 Å². The molecule has 0 saturated heterocycles. The van der Waals surface area contributed by atoms with Gasteiger partial charge < -0.3 is 5.41 Å². The number of benzene rings is 1. The predicted octanol–water partition coefficient (Wildman–Crippen LogP) is 3.47. The lowest BCUT2D eigenvalue weighted by Gasteiger charge is -2.19. The van der Waals surface area contributed by atoms with Crippen molar-refractivity contribution in [3.63, 3.8) is 0 Å². The van der Waals surface area contributed by atoms with E-state index in [9.17, 15) is 0 Å². The third-order valence-electron chi connectivity index (χ3n) is 2.76. The van der Waals surface area contributed by atoms with E-state index < -0.39 is 0 Å². The quantitative estimate of drug-likeness (QED) is 0.680. The first-order valence-corrected chi connectivity index (χ1v) is 4.73. The molecule has 1 aromatic carbocycles. The minimum Gasteiger partial charge on any atom is -0.310 e. The second kappa shape index (κ2) is 4.22. The smallest absolute Gasteiger partial charge is 0.00923 e. The zero-order valence-electron chi connectivity index (χ0n) is 8.54. The molecule has 1 nitrogen and oxygen atoms in total. The van der Waals surface area contributed by atoms with Crippen LogP contribution in [0.25, 0.3) is 0 Å². The molecule has 0 heterocycles. The van der Waals surface area contributed by atoms with Gasteiger partial charge in [0.1, 0.15) is 0 Å². The molecule has 1 N–H and O–H groups in total. The lowest BCUT2D eigenvalue weighted by molar-refractivity contribution is 0.619. The van der Waals surface area contributed by atoms with Crippen molar-refractivity contribution in [3.05, 3.63) is 35.9 Å². The summed E-state index contributed by atoms with van der Waals surface area (Å²) in [5.41, 5.74) is 2.08. The molecule has 0 aromatic heterocycles. The predicted molar refractivity (Wildman–Crippen MR) is 57.4 cm³/mol. The van der Waals surface area contributed by atoms with Gasteiger partial charge in [-0.1, -0.05) is 44.2 Å². The third kappa shape index (κ3) is 2.41. The van der Waals surface area contributed by atoms with Crippen LogP contribution >= 0.6 is 0 Å². The molecule has 1 heteroatoms. The Morgan fingerprint density at radius 2 is 1.69 bits per heavy atom. The largest absolute Gasteiger partial charge is 0.310 e. The summed E-state index contributed by atoms with van der Waals surface area (Å²) < 4.78 is 0. The van der Waals surface area contributed by atoms with E-state index in [1.54, 1.807) is 0 Å². The van der Waals surface area contributed by atoms with Crippen molar-refractivity contribution in [1.29, 1.82) is 5.41 Å². The molecule has 2 unspecified atom stereocenters. The van der Waals surface area contributed by atoms with E-state index in [4.69, 9.17) is 5.41 Å². The molecule has 2 atom stereocenters. The van der Waals surface area contributed by atoms with Gasteiger partial charge in [-0.2, -0.15) is 0 Å². The maximum absolute atomic E-state index is 7.58. The van der Waals surface area contributed by atoms with E-state index in [1.165, 1.54) is 5.56 Å². The van der Waals surface area contributed by atoms with Crippen LogP contribution in [0, 0.1) is 11.3 Å². The molecule has 13 heavy (non-hydrogen) atoms. The molecule has 0 aliphatic rings. The maximum Gasteiger partial charge on any atom is 0.00923 e. The Bertz CT molecular complexity index is 276.